The Hall–Kier alpha value is -1.94. The van der Waals surface area contributed by atoms with Gasteiger partial charge in [0.1, 0.15) is 10.6 Å². The Bertz CT molecular complexity index is 730. The molecule has 5 heteroatoms. The van der Waals surface area contributed by atoms with Gasteiger partial charge in [-0.05, 0) is 36.6 Å². The van der Waals surface area contributed by atoms with Crippen molar-refractivity contribution < 1.29 is 4.79 Å². The van der Waals surface area contributed by atoms with Crippen molar-refractivity contribution in [2.75, 3.05) is 0 Å². The minimum absolute atomic E-state index is 0.0309. The lowest BCUT2D eigenvalue weighted by atomic mass is 10.1. The molecule has 0 spiro atoms. The molecule has 0 aromatic carbocycles. The lowest BCUT2D eigenvalue weighted by Gasteiger charge is -2.08. The Morgan fingerprint density at radius 3 is 2.86 bits per heavy atom. The van der Waals surface area contributed by atoms with Gasteiger partial charge in [0.25, 0.3) is 5.91 Å². The largest absolute Gasteiger partial charge is 0.328 e. The van der Waals surface area contributed by atoms with Crippen molar-refractivity contribution in [3.8, 4) is 0 Å². The van der Waals surface area contributed by atoms with Crippen LogP contribution in [-0.2, 0) is 11.3 Å². The highest BCUT2D eigenvalue weighted by molar-refractivity contribution is 6.29. The summed E-state index contributed by atoms with van der Waals surface area (Å²) in [6, 6.07) is 9.34. The summed E-state index contributed by atoms with van der Waals surface area (Å²) in [6.45, 7) is 2.57. The number of hydrogen-bond acceptors (Lipinski definition) is 2. The molecule has 21 heavy (non-hydrogen) atoms. The van der Waals surface area contributed by atoms with E-state index >= 15 is 0 Å². The predicted octanol–water partition coefficient (Wildman–Crippen LogP) is 2.81. The Morgan fingerprint density at radius 1 is 1.38 bits per heavy atom. The van der Waals surface area contributed by atoms with Crippen LogP contribution in [0.5, 0.6) is 0 Å². The first-order chi connectivity index (χ1) is 10.1. The van der Waals surface area contributed by atoms with E-state index in [1.54, 1.807) is 12.3 Å². The number of amides is 1. The zero-order chi connectivity index (χ0) is 14.9. The average Bonchev–Trinajstić information content (AvgIpc) is 3.23. The molecule has 1 aliphatic rings. The number of nitrogens with zero attached hydrogens (tertiary/aromatic N) is 3. The highest BCUT2D eigenvalue weighted by Crippen LogP contribution is 2.45. The van der Waals surface area contributed by atoms with E-state index in [1.807, 2.05) is 42.0 Å². The van der Waals surface area contributed by atoms with Gasteiger partial charge in [0.05, 0.1) is 6.54 Å². The molecule has 0 bridgehead atoms. The minimum Gasteiger partial charge on any atom is -0.328 e. The minimum atomic E-state index is -0.241. The van der Waals surface area contributed by atoms with Gasteiger partial charge in [-0.15, -0.1) is 0 Å². The molecule has 3 rings (SSSR count). The molecule has 1 amide bonds. The molecule has 1 saturated carbocycles. The van der Waals surface area contributed by atoms with E-state index in [0.29, 0.717) is 17.2 Å². The molecule has 0 saturated heterocycles. The van der Waals surface area contributed by atoms with Crippen LogP contribution in [0, 0.1) is 5.41 Å². The van der Waals surface area contributed by atoms with E-state index in [-0.39, 0.29) is 11.3 Å². The highest BCUT2D eigenvalue weighted by Gasteiger charge is 2.44. The molecular weight excluding hydrogens is 286 g/mol. The number of pyridine rings is 2. The molecule has 2 aromatic rings. The van der Waals surface area contributed by atoms with Crippen molar-refractivity contribution in [2.45, 2.75) is 26.3 Å². The second-order valence-corrected chi connectivity index (χ2v) is 6.04. The molecule has 0 radical (unpaired) electrons. The first-order valence-electron chi connectivity index (χ1n) is 6.92. The maximum atomic E-state index is 12.1. The van der Waals surface area contributed by atoms with Crippen LogP contribution in [0.4, 0.5) is 0 Å². The molecule has 0 aliphatic heterocycles. The fourth-order valence-electron chi connectivity index (χ4n) is 2.04. The number of aromatic nitrogens is 2. The van der Waals surface area contributed by atoms with Gasteiger partial charge < -0.3 is 4.57 Å². The van der Waals surface area contributed by atoms with Gasteiger partial charge in [-0.1, -0.05) is 30.7 Å². The van der Waals surface area contributed by atoms with Crippen molar-refractivity contribution >= 4 is 17.5 Å². The van der Waals surface area contributed by atoms with Crippen molar-refractivity contribution in [1.29, 1.82) is 0 Å². The third-order valence-electron chi connectivity index (χ3n) is 3.79. The number of halogens is 1. The topological polar surface area (TPSA) is 47.2 Å². The van der Waals surface area contributed by atoms with Crippen LogP contribution in [0.1, 0.15) is 25.3 Å². The van der Waals surface area contributed by atoms with E-state index in [1.165, 1.54) is 0 Å². The first-order valence-corrected chi connectivity index (χ1v) is 7.30. The summed E-state index contributed by atoms with van der Waals surface area (Å²) in [5.41, 5.74) is 1.44. The van der Waals surface area contributed by atoms with Crippen molar-refractivity contribution in [2.24, 2.45) is 10.4 Å². The Balaban J connectivity index is 1.91. The molecule has 1 aliphatic carbocycles. The van der Waals surface area contributed by atoms with E-state index in [0.717, 1.165) is 18.4 Å². The third kappa shape index (κ3) is 3.22. The van der Waals surface area contributed by atoms with Crippen LogP contribution in [0.3, 0.4) is 0 Å². The average molecular weight is 302 g/mol. The fourth-order valence-corrected chi connectivity index (χ4v) is 2.15. The summed E-state index contributed by atoms with van der Waals surface area (Å²) in [5.74, 6) is -0.0309. The SMILES string of the molecule is CC1(C(=O)/N=c2\ccccn2Cc2ccc(Cl)nc2)CC1. The summed E-state index contributed by atoms with van der Waals surface area (Å²) in [5, 5.41) is 0.471. The normalized spacial score (nSPS) is 16.8. The second kappa shape index (κ2) is 5.45. The molecule has 4 nitrogen and oxygen atoms in total. The molecule has 1 fully saturated rings. The van der Waals surface area contributed by atoms with Gasteiger partial charge in [-0.25, -0.2) is 4.98 Å². The van der Waals surface area contributed by atoms with Crippen molar-refractivity contribution in [3.63, 3.8) is 0 Å². The lowest BCUT2D eigenvalue weighted by Crippen LogP contribution is -2.24. The third-order valence-corrected chi connectivity index (χ3v) is 4.01. The van der Waals surface area contributed by atoms with Gasteiger partial charge >= 0.3 is 0 Å². The van der Waals surface area contributed by atoms with Gasteiger partial charge in [-0.3, -0.25) is 4.79 Å². The van der Waals surface area contributed by atoms with Crippen molar-refractivity contribution in [3.05, 3.63) is 58.9 Å². The number of rotatable bonds is 3. The summed E-state index contributed by atoms with van der Waals surface area (Å²) in [7, 11) is 0. The quantitative estimate of drug-likeness (QED) is 0.819. The van der Waals surface area contributed by atoms with E-state index in [2.05, 4.69) is 9.98 Å². The van der Waals surface area contributed by atoms with Crippen LogP contribution >= 0.6 is 11.6 Å². The van der Waals surface area contributed by atoms with Gasteiger partial charge in [0.15, 0.2) is 0 Å². The number of carbonyl (C=O) groups is 1. The Kier molecular flexibility index (Phi) is 3.64. The van der Waals surface area contributed by atoms with Gasteiger partial charge in [0, 0.05) is 17.8 Å². The van der Waals surface area contributed by atoms with E-state index in [9.17, 15) is 4.79 Å². The highest BCUT2D eigenvalue weighted by atomic mass is 35.5. The summed E-state index contributed by atoms with van der Waals surface area (Å²) >= 11 is 5.79. The van der Waals surface area contributed by atoms with Gasteiger partial charge in [0.2, 0.25) is 0 Å². The Labute approximate surface area is 128 Å². The zero-order valence-electron chi connectivity index (χ0n) is 11.8. The summed E-state index contributed by atoms with van der Waals surface area (Å²) < 4.78 is 1.94. The standard InChI is InChI=1S/C16H16ClN3O/c1-16(7-8-16)15(21)19-14-4-2-3-9-20(14)11-12-5-6-13(17)18-10-12/h2-6,9-10H,7-8,11H2,1H3/b19-14+. The Morgan fingerprint density at radius 2 is 2.19 bits per heavy atom. The maximum Gasteiger partial charge on any atom is 0.253 e. The molecule has 108 valence electrons. The van der Waals surface area contributed by atoms with Crippen LogP contribution in [0.25, 0.3) is 0 Å². The smallest absolute Gasteiger partial charge is 0.253 e. The van der Waals surface area contributed by atoms with Gasteiger partial charge in [-0.2, -0.15) is 4.99 Å². The fraction of sp³-hybridized carbons (Fsp3) is 0.312. The summed E-state index contributed by atoms with van der Waals surface area (Å²) in [4.78, 5) is 20.5. The predicted molar refractivity (Wildman–Crippen MR) is 80.7 cm³/mol. The molecular formula is C16H16ClN3O. The first kappa shape index (κ1) is 14.0. The molecule has 0 N–H and O–H groups in total. The number of hydrogen-bond donors (Lipinski definition) is 0. The second-order valence-electron chi connectivity index (χ2n) is 5.65. The maximum absolute atomic E-state index is 12.1. The molecule has 2 heterocycles. The molecule has 0 atom stereocenters. The van der Waals surface area contributed by atoms with Crippen LogP contribution in [-0.4, -0.2) is 15.5 Å². The van der Waals surface area contributed by atoms with E-state index < -0.39 is 0 Å². The van der Waals surface area contributed by atoms with Crippen molar-refractivity contribution in [1.82, 2.24) is 9.55 Å². The monoisotopic (exact) mass is 301 g/mol. The molecule has 0 unspecified atom stereocenters. The van der Waals surface area contributed by atoms with Crippen LogP contribution in [0.2, 0.25) is 5.15 Å². The van der Waals surface area contributed by atoms with E-state index in [4.69, 9.17) is 11.6 Å². The zero-order valence-corrected chi connectivity index (χ0v) is 12.5. The molecule has 2 aromatic heterocycles. The lowest BCUT2D eigenvalue weighted by molar-refractivity contribution is -0.122. The number of carbonyl (C=O) groups excluding carboxylic acids is 1. The van der Waals surface area contributed by atoms with Crippen LogP contribution in [0.15, 0.2) is 47.7 Å². The van der Waals surface area contributed by atoms with Crippen LogP contribution < -0.4 is 5.49 Å². The summed E-state index contributed by atoms with van der Waals surface area (Å²) in [6.07, 6.45) is 5.51.